The quantitative estimate of drug-likeness (QED) is 0.430. The highest BCUT2D eigenvalue weighted by Gasteiger charge is 1.96. The lowest BCUT2D eigenvalue weighted by Crippen LogP contribution is -2.14. The second-order valence-electron chi connectivity index (χ2n) is 1.67. The van der Waals surface area contributed by atoms with Crippen molar-refractivity contribution in [3.63, 3.8) is 0 Å². The molecule has 0 aliphatic rings. The summed E-state index contributed by atoms with van der Waals surface area (Å²) in [7, 11) is 1.68. The molecule has 0 amide bonds. The number of carbonyl (C=O) groups is 1. The smallest absolute Gasteiger partial charge is 0.305 e. The van der Waals surface area contributed by atoms with Gasteiger partial charge in [0.05, 0.1) is 6.42 Å². The molecule has 52 valence electrons. The molecule has 0 aliphatic heterocycles. The highest BCUT2D eigenvalue weighted by Crippen LogP contribution is 1.85. The molecule has 4 nitrogen and oxygen atoms in total. The number of hydrogen-bond acceptors (Lipinski definition) is 3. The third-order valence-electron chi connectivity index (χ3n) is 0.891. The largest absolute Gasteiger partial charge is 0.481 e. The molecule has 0 saturated carbocycles. The molecular formula is C5H10N2O2. The van der Waals surface area contributed by atoms with E-state index in [-0.39, 0.29) is 6.42 Å². The van der Waals surface area contributed by atoms with Crippen molar-refractivity contribution in [2.75, 3.05) is 13.6 Å². The van der Waals surface area contributed by atoms with Crippen LogP contribution in [0.4, 0.5) is 0 Å². The van der Waals surface area contributed by atoms with Crippen molar-refractivity contribution < 1.29 is 9.90 Å². The number of aliphatic carboxylic acids is 1. The Kier molecular flexibility index (Phi) is 3.43. The Bertz CT molecular complexity index is 114. The molecule has 0 aromatic carbocycles. The van der Waals surface area contributed by atoms with Crippen LogP contribution in [-0.4, -0.2) is 36.4 Å². The van der Waals surface area contributed by atoms with Crippen molar-refractivity contribution in [1.29, 1.82) is 0 Å². The Labute approximate surface area is 53.8 Å². The standard InChI is InChI=1S/C5H10N2O2/c1-6-7(2)4-3-5(8)9/h1,3-4H2,2H3,(H,8,9). The van der Waals surface area contributed by atoms with Crippen LogP contribution in [0.15, 0.2) is 5.10 Å². The molecule has 0 saturated heterocycles. The summed E-state index contributed by atoms with van der Waals surface area (Å²) in [6, 6.07) is 0. The Morgan fingerprint density at radius 3 is 2.78 bits per heavy atom. The van der Waals surface area contributed by atoms with E-state index < -0.39 is 5.97 Å². The zero-order valence-corrected chi connectivity index (χ0v) is 5.37. The molecule has 1 N–H and O–H groups in total. The number of carboxylic acid groups (broad SMARTS) is 1. The summed E-state index contributed by atoms with van der Waals surface area (Å²) in [5, 5.41) is 13.1. The number of rotatable bonds is 4. The Balaban J connectivity index is 3.26. The molecule has 0 bridgehead atoms. The average Bonchev–Trinajstić information content (AvgIpc) is 1.83. The van der Waals surface area contributed by atoms with Crippen molar-refractivity contribution in [1.82, 2.24) is 5.01 Å². The second kappa shape index (κ2) is 3.88. The first-order valence-corrected chi connectivity index (χ1v) is 2.56. The van der Waals surface area contributed by atoms with E-state index in [1.54, 1.807) is 7.05 Å². The SMILES string of the molecule is C=NN(C)CCC(=O)O. The van der Waals surface area contributed by atoms with Crippen molar-refractivity contribution in [3.05, 3.63) is 0 Å². The fourth-order valence-electron chi connectivity index (χ4n) is 0.328. The van der Waals surface area contributed by atoms with Crippen molar-refractivity contribution in [3.8, 4) is 0 Å². The van der Waals surface area contributed by atoms with Gasteiger partial charge in [0.25, 0.3) is 0 Å². The predicted molar refractivity (Wildman–Crippen MR) is 34.4 cm³/mol. The van der Waals surface area contributed by atoms with Gasteiger partial charge in [0.2, 0.25) is 0 Å². The van der Waals surface area contributed by atoms with Crippen LogP contribution < -0.4 is 0 Å². The van der Waals surface area contributed by atoms with E-state index in [2.05, 4.69) is 11.8 Å². The summed E-state index contributed by atoms with van der Waals surface area (Å²) in [5.74, 6) is -0.814. The van der Waals surface area contributed by atoms with Gasteiger partial charge in [0.15, 0.2) is 0 Å². The van der Waals surface area contributed by atoms with E-state index in [0.717, 1.165) is 0 Å². The number of hydrazone groups is 1. The van der Waals surface area contributed by atoms with Crippen LogP contribution in [0.5, 0.6) is 0 Å². The van der Waals surface area contributed by atoms with Gasteiger partial charge >= 0.3 is 5.97 Å². The van der Waals surface area contributed by atoms with Gasteiger partial charge in [-0.25, -0.2) is 0 Å². The minimum atomic E-state index is -0.814. The molecule has 4 heteroatoms. The minimum Gasteiger partial charge on any atom is -0.481 e. The molecule has 0 aromatic rings. The number of carboxylic acids is 1. The predicted octanol–water partition coefficient (Wildman–Crippen LogP) is 0.00850. The lowest BCUT2D eigenvalue weighted by atomic mass is 10.4. The third kappa shape index (κ3) is 4.80. The lowest BCUT2D eigenvalue weighted by molar-refractivity contribution is -0.137. The average molecular weight is 130 g/mol. The molecule has 0 rings (SSSR count). The highest BCUT2D eigenvalue weighted by molar-refractivity contribution is 5.66. The first kappa shape index (κ1) is 7.94. The molecule has 0 atom stereocenters. The van der Waals surface area contributed by atoms with E-state index in [1.165, 1.54) is 5.01 Å². The molecule has 0 radical (unpaired) electrons. The van der Waals surface area contributed by atoms with Gasteiger partial charge in [0.1, 0.15) is 0 Å². The Morgan fingerprint density at radius 1 is 1.89 bits per heavy atom. The molecule has 0 aliphatic carbocycles. The zero-order valence-electron chi connectivity index (χ0n) is 5.37. The van der Waals surface area contributed by atoms with E-state index in [1.807, 2.05) is 0 Å². The van der Waals surface area contributed by atoms with Gasteiger partial charge in [-0.3, -0.25) is 4.79 Å². The third-order valence-corrected chi connectivity index (χ3v) is 0.891. The van der Waals surface area contributed by atoms with Gasteiger partial charge in [-0.2, -0.15) is 5.10 Å². The van der Waals surface area contributed by atoms with Crippen molar-refractivity contribution >= 4 is 12.7 Å². The molecule has 9 heavy (non-hydrogen) atoms. The van der Waals surface area contributed by atoms with Crippen LogP contribution in [-0.2, 0) is 4.79 Å². The van der Waals surface area contributed by atoms with Crippen LogP contribution in [0.3, 0.4) is 0 Å². The molecule has 0 fully saturated rings. The van der Waals surface area contributed by atoms with Gasteiger partial charge in [0, 0.05) is 20.3 Å². The van der Waals surface area contributed by atoms with Crippen LogP contribution in [0, 0.1) is 0 Å². The topological polar surface area (TPSA) is 52.9 Å². The summed E-state index contributed by atoms with van der Waals surface area (Å²) >= 11 is 0. The Morgan fingerprint density at radius 2 is 2.44 bits per heavy atom. The van der Waals surface area contributed by atoms with E-state index in [9.17, 15) is 4.79 Å². The van der Waals surface area contributed by atoms with Gasteiger partial charge < -0.3 is 10.1 Å². The van der Waals surface area contributed by atoms with Crippen molar-refractivity contribution in [2.24, 2.45) is 5.10 Å². The summed E-state index contributed by atoms with van der Waals surface area (Å²) in [4.78, 5) is 9.93. The van der Waals surface area contributed by atoms with E-state index in [0.29, 0.717) is 6.54 Å². The zero-order chi connectivity index (χ0) is 7.28. The molecule has 0 heterocycles. The fourth-order valence-corrected chi connectivity index (χ4v) is 0.328. The minimum absolute atomic E-state index is 0.107. The first-order chi connectivity index (χ1) is 4.16. The van der Waals surface area contributed by atoms with E-state index >= 15 is 0 Å². The monoisotopic (exact) mass is 130 g/mol. The van der Waals surface area contributed by atoms with Crippen LogP contribution in [0.2, 0.25) is 0 Å². The van der Waals surface area contributed by atoms with E-state index in [4.69, 9.17) is 5.11 Å². The van der Waals surface area contributed by atoms with Gasteiger partial charge in [-0.15, -0.1) is 0 Å². The van der Waals surface area contributed by atoms with Crippen LogP contribution in [0.25, 0.3) is 0 Å². The number of nitrogens with zero attached hydrogens (tertiary/aromatic N) is 2. The maximum absolute atomic E-state index is 9.93. The molecule has 0 unspecified atom stereocenters. The highest BCUT2D eigenvalue weighted by atomic mass is 16.4. The molecule has 0 spiro atoms. The lowest BCUT2D eigenvalue weighted by Gasteiger charge is -2.08. The van der Waals surface area contributed by atoms with Crippen LogP contribution in [0.1, 0.15) is 6.42 Å². The normalized spacial score (nSPS) is 8.56. The van der Waals surface area contributed by atoms with Crippen molar-refractivity contribution in [2.45, 2.75) is 6.42 Å². The summed E-state index contributed by atoms with van der Waals surface area (Å²) in [6.45, 7) is 3.64. The maximum Gasteiger partial charge on any atom is 0.305 e. The fraction of sp³-hybridized carbons (Fsp3) is 0.600. The molecular weight excluding hydrogens is 120 g/mol. The van der Waals surface area contributed by atoms with Crippen LogP contribution >= 0.6 is 0 Å². The molecule has 0 aromatic heterocycles. The maximum atomic E-state index is 9.93. The Hall–Kier alpha value is -1.06. The summed E-state index contributed by atoms with van der Waals surface area (Å²) in [6.07, 6.45) is 0.107. The summed E-state index contributed by atoms with van der Waals surface area (Å²) < 4.78 is 0. The van der Waals surface area contributed by atoms with Gasteiger partial charge in [-0.05, 0) is 0 Å². The van der Waals surface area contributed by atoms with Gasteiger partial charge in [-0.1, -0.05) is 0 Å². The second-order valence-corrected chi connectivity index (χ2v) is 1.67. The first-order valence-electron chi connectivity index (χ1n) is 2.56. The number of hydrogen-bond donors (Lipinski definition) is 1. The summed E-state index contributed by atoms with van der Waals surface area (Å²) in [5.41, 5.74) is 0.